The van der Waals surface area contributed by atoms with E-state index in [1.807, 2.05) is 0 Å². The molecule has 1 aliphatic rings. The monoisotopic (exact) mass is 518 g/mol. The molecule has 1 fully saturated rings. The predicted octanol–water partition coefficient (Wildman–Crippen LogP) is 1.26. The van der Waals surface area contributed by atoms with Crippen LogP contribution in [0.4, 0.5) is 10.1 Å². The Bertz CT molecular complexity index is 1570. The first-order valence-corrected chi connectivity index (χ1v) is 12.6. The summed E-state index contributed by atoms with van der Waals surface area (Å²) in [6, 6.07) is 4.41. The van der Waals surface area contributed by atoms with Crippen LogP contribution in [0.5, 0.6) is 0 Å². The number of fused-ring (bicyclic) bond motifs is 1. The van der Waals surface area contributed by atoms with E-state index in [0.717, 1.165) is 13.9 Å². The Morgan fingerprint density at radius 1 is 1.23 bits per heavy atom. The lowest BCUT2D eigenvalue weighted by molar-refractivity contribution is 0.411. The number of halogens is 1. The molecule has 0 radical (unpaired) electrons. The highest BCUT2D eigenvalue weighted by Gasteiger charge is 2.49. The minimum absolute atomic E-state index is 0.0214. The molecule has 14 heteroatoms. The topological polar surface area (TPSA) is 131 Å². The van der Waals surface area contributed by atoms with Crippen LogP contribution in [0, 0.1) is 6.92 Å². The van der Waals surface area contributed by atoms with Crippen molar-refractivity contribution in [1.29, 1.82) is 0 Å². The van der Waals surface area contributed by atoms with Crippen molar-refractivity contribution in [2.45, 2.75) is 38.4 Å². The van der Waals surface area contributed by atoms with E-state index in [0.29, 0.717) is 28.9 Å². The molecule has 0 N–H and O–H groups in total. The first kappa shape index (κ1) is 23.5. The first-order valence-electron chi connectivity index (χ1n) is 10.7. The van der Waals surface area contributed by atoms with E-state index < -0.39 is 34.7 Å². The number of benzene rings is 1. The molecule has 1 saturated carbocycles. The second kappa shape index (κ2) is 8.77. The quantitative estimate of drug-likeness (QED) is 0.321. The molecule has 184 valence electrons. The van der Waals surface area contributed by atoms with Crippen LogP contribution in [0.25, 0.3) is 10.9 Å². The molecule has 1 aromatic carbocycles. The summed E-state index contributed by atoms with van der Waals surface area (Å²) in [6.45, 7) is 1.03. The van der Waals surface area contributed by atoms with Gasteiger partial charge >= 0.3 is 5.69 Å². The van der Waals surface area contributed by atoms with Crippen LogP contribution >= 0.6 is 11.3 Å². The highest BCUT2D eigenvalue weighted by Crippen LogP contribution is 2.45. The molecule has 0 spiro atoms. The van der Waals surface area contributed by atoms with Crippen molar-refractivity contribution in [3.63, 3.8) is 0 Å². The highest BCUT2D eigenvalue weighted by atomic mass is 32.2. The Balaban J connectivity index is 1.71. The number of aryl methyl sites for hydroxylation is 2. The zero-order valence-electron chi connectivity index (χ0n) is 18.9. The van der Waals surface area contributed by atoms with E-state index in [1.165, 1.54) is 34.1 Å². The maximum absolute atomic E-state index is 13.7. The van der Waals surface area contributed by atoms with E-state index in [1.54, 1.807) is 31.0 Å². The first-order chi connectivity index (χ1) is 16.7. The molecule has 11 nitrogen and oxygen atoms in total. The van der Waals surface area contributed by atoms with Crippen LogP contribution < -0.4 is 15.6 Å². The molecule has 1 atom stereocenters. The van der Waals surface area contributed by atoms with Crippen LogP contribution in [-0.4, -0.2) is 50.1 Å². The van der Waals surface area contributed by atoms with Gasteiger partial charge in [0.1, 0.15) is 16.7 Å². The summed E-state index contributed by atoms with van der Waals surface area (Å²) in [5.41, 5.74) is -1.12. The standard InChI is InChI=1S/C21H22FN7O4S2/c1-13-24-25-18(34-13)11-27-17-4-3-15(29(35(32)33)21(12-22)5-6-21)7-16(17)19(30)28(20(27)31)10-14-8-23-26(2)9-14/h3-4,7-9H,5-6,10-12H2,1-2H3,(H,32,33)/p-1. The number of alkyl halides is 1. The summed E-state index contributed by atoms with van der Waals surface area (Å²) in [5, 5.41) is 13.6. The lowest BCUT2D eigenvalue weighted by Gasteiger charge is -2.33. The fourth-order valence-electron chi connectivity index (χ4n) is 4.16. The zero-order valence-corrected chi connectivity index (χ0v) is 20.5. The molecule has 3 heterocycles. The maximum atomic E-state index is 13.7. The molecule has 5 rings (SSSR count). The van der Waals surface area contributed by atoms with Crippen LogP contribution in [0.15, 0.2) is 40.2 Å². The third-order valence-corrected chi connectivity index (χ3v) is 7.78. The largest absolute Gasteiger partial charge is 0.755 e. The fraction of sp³-hybridized carbons (Fsp3) is 0.381. The summed E-state index contributed by atoms with van der Waals surface area (Å²) in [4.78, 5) is 27.0. The van der Waals surface area contributed by atoms with E-state index in [2.05, 4.69) is 15.3 Å². The second-order valence-corrected chi connectivity index (χ2v) is 10.6. The van der Waals surface area contributed by atoms with Gasteiger partial charge in [0.2, 0.25) is 0 Å². The van der Waals surface area contributed by atoms with Crippen molar-refractivity contribution in [1.82, 2.24) is 29.1 Å². The highest BCUT2D eigenvalue weighted by molar-refractivity contribution is 7.80. The van der Waals surface area contributed by atoms with Gasteiger partial charge in [-0.2, -0.15) is 5.10 Å². The number of hydrogen-bond acceptors (Lipinski definition) is 8. The van der Waals surface area contributed by atoms with Crippen molar-refractivity contribution in [2.75, 3.05) is 11.0 Å². The molecule has 4 aromatic rings. The molecule has 0 bridgehead atoms. The molecule has 1 unspecified atom stereocenters. The lowest BCUT2D eigenvalue weighted by Crippen LogP contribution is -2.42. The zero-order chi connectivity index (χ0) is 24.9. The molecular weight excluding hydrogens is 497 g/mol. The van der Waals surface area contributed by atoms with Gasteiger partial charge in [-0.05, 0) is 38.0 Å². The minimum Gasteiger partial charge on any atom is -0.755 e. The number of anilines is 1. The molecule has 35 heavy (non-hydrogen) atoms. The Hall–Kier alpha value is -3.23. The van der Waals surface area contributed by atoms with Crippen molar-refractivity contribution >= 4 is 39.2 Å². The fourth-order valence-corrected chi connectivity index (χ4v) is 5.69. The van der Waals surface area contributed by atoms with Gasteiger partial charge in [-0.3, -0.25) is 27.1 Å². The van der Waals surface area contributed by atoms with Crippen molar-refractivity contribution in [3.05, 3.63) is 67.0 Å². The number of nitrogens with zero attached hydrogens (tertiary/aromatic N) is 7. The van der Waals surface area contributed by atoms with Gasteiger partial charge in [0, 0.05) is 35.8 Å². The third-order valence-electron chi connectivity index (χ3n) is 6.06. The normalized spacial score (nSPS) is 15.4. The van der Waals surface area contributed by atoms with E-state index in [-0.39, 0.29) is 24.2 Å². The summed E-state index contributed by atoms with van der Waals surface area (Å²) < 4.78 is 42.9. The van der Waals surface area contributed by atoms with Gasteiger partial charge in [0.05, 0.1) is 35.7 Å². The lowest BCUT2D eigenvalue weighted by atomic mass is 10.2. The van der Waals surface area contributed by atoms with Gasteiger partial charge in [-0.25, -0.2) is 9.18 Å². The smallest absolute Gasteiger partial charge is 0.332 e. The van der Waals surface area contributed by atoms with Crippen LogP contribution in [0.2, 0.25) is 0 Å². The number of rotatable bonds is 8. The van der Waals surface area contributed by atoms with E-state index >= 15 is 0 Å². The van der Waals surface area contributed by atoms with Crippen LogP contribution in [0.3, 0.4) is 0 Å². The van der Waals surface area contributed by atoms with Crippen LogP contribution in [-0.2, 0) is 31.4 Å². The second-order valence-electron chi connectivity index (χ2n) is 8.57. The molecular formula is C21H21FN7O4S2-. The van der Waals surface area contributed by atoms with Gasteiger partial charge in [0.25, 0.3) is 5.56 Å². The number of aromatic nitrogens is 6. The molecule has 3 aromatic heterocycles. The average Bonchev–Trinajstić information content (AvgIpc) is 3.31. The predicted molar refractivity (Wildman–Crippen MR) is 128 cm³/mol. The van der Waals surface area contributed by atoms with Gasteiger partial charge in [-0.15, -0.1) is 10.2 Å². The van der Waals surface area contributed by atoms with Crippen LogP contribution in [0.1, 0.15) is 28.4 Å². The van der Waals surface area contributed by atoms with Gasteiger partial charge < -0.3 is 4.55 Å². The Morgan fingerprint density at radius 3 is 2.57 bits per heavy atom. The summed E-state index contributed by atoms with van der Waals surface area (Å²) in [7, 11) is 1.73. The molecule has 0 saturated heterocycles. The third kappa shape index (κ3) is 4.21. The van der Waals surface area contributed by atoms with Crippen molar-refractivity contribution < 1.29 is 13.2 Å². The van der Waals surface area contributed by atoms with Gasteiger partial charge in [0.15, 0.2) is 0 Å². The van der Waals surface area contributed by atoms with Crippen molar-refractivity contribution in [2.24, 2.45) is 7.05 Å². The van der Waals surface area contributed by atoms with Gasteiger partial charge in [-0.1, -0.05) is 11.3 Å². The van der Waals surface area contributed by atoms with E-state index in [9.17, 15) is 22.7 Å². The minimum atomic E-state index is -2.74. The Morgan fingerprint density at radius 2 is 2.00 bits per heavy atom. The summed E-state index contributed by atoms with van der Waals surface area (Å²) >= 11 is -1.42. The maximum Gasteiger partial charge on any atom is 0.332 e. The molecule has 1 aliphatic carbocycles. The Labute approximate surface area is 204 Å². The van der Waals surface area contributed by atoms with E-state index in [4.69, 9.17) is 0 Å². The summed E-state index contributed by atoms with van der Waals surface area (Å²) in [5.74, 6) is 0. The Kier molecular flexibility index (Phi) is 5.89. The molecule has 0 aliphatic heterocycles. The average molecular weight is 519 g/mol. The molecule has 0 amide bonds. The SMILES string of the molecule is Cc1nnc(Cn2c(=O)n(Cc3cnn(C)c3)c(=O)c3cc(N(S(=O)[O-])C4(CF)CC4)ccc32)s1. The number of hydrogen-bond donors (Lipinski definition) is 0. The summed E-state index contributed by atoms with van der Waals surface area (Å²) in [6.07, 6.45) is 4.03. The van der Waals surface area contributed by atoms with Crippen molar-refractivity contribution in [3.8, 4) is 0 Å².